The van der Waals surface area contributed by atoms with Gasteiger partial charge >= 0.3 is 6.18 Å². The zero-order valence-electron chi connectivity index (χ0n) is 17.4. The number of carbonyl (C=O) groups excluding carboxylic acids is 1. The van der Waals surface area contributed by atoms with E-state index in [0.717, 1.165) is 12.8 Å². The third-order valence-electron chi connectivity index (χ3n) is 5.84. The summed E-state index contributed by atoms with van der Waals surface area (Å²) < 4.78 is 43.1. The molecule has 33 heavy (non-hydrogen) atoms. The highest BCUT2D eigenvalue weighted by Gasteiger charge is 2.34. The molecule has 0 spiro atoms. The fourth-order valence-corrected chi connectivity index (χ4v) is 4.00. The maximum Gasteiger partial charge on any atom is 0.422 e. The zero-order valence-corrected chi connectivity index (χ0v) is 17.4. The molecule has 0 bridgehead atoms. The number of rotatable bonds is 6. The lowest BCUT2D eigenvalue weighted by molar-refractivity contribution is -0.153. The molecule has 1 aromatic carbocycles. The second-order valence-electron chi connectivity index (χ2n) is 8.20. The van der Waals surface area contributed by atoms with Crippen LogP contribution < -0.4 is 9.64 Å². The molecular weight excluding hydrogens is 435 g/mol. The van der Waals surface area contributed by atoms with Crippen LogP contribution in [0.2, 0.25) is 0 Å². The number of anilines is 1. The van der Waals surface area contributed by atoms with Crippen LogP contribution in [0.25, 0.3) is 11.3 Å². The van der Waals surface area contributed by atoms with E-state index in [2.05, 4.69) is 9.97 Å². The summed E-state index contributed by atoms with van der Waals surface area (Å²) in [7, 11) is 0. The lowest BCUT2D eigenvalue weighted by atomic mass is 10.0. The van der Waals surface area contributed by atoms with Crippen molar-refractivity contribution in [3.8, 4) is 17.0 Å². The van der Waals surface area contributed by atoms with Crippen LogP contribution >= 0.6 is 0 Å². The molecule has 1 aliphatic carbocycles. The van der Waals surface area contributed by atoms with Crippen LogP contribution in [0.3, 0.4) is 0 Å². The summed E-state index contributed by atoms with van der Waals surface area (Å²) in [4.78, 5) is 23.3. The maximum atomic E-state index is 13.1. The zero-order chi connectivity index (χ0) is 23.2. The van der Waals surface area contributed by atoms with E-state index < -0.39 is 18.9 Å². The van der Waals surface area contributed by atoms with Gasteiger partial charge in [-0.25, -0.2) is 0 Å². The molecule has 170 valence electrons. The minimum absolute atomic E-state index is 0.0432. The fourth-order valence-electron chi connectivity index (χ4n) is 4.00. The first-order valence-corrected chi connectivity index (χ1v) is 10.5. The normalized spacial score (nSPS) is 16.6. The lowest BCUT2D eigenvalue weighted by Crippen LogP contribution is -2.23. The molecule has 0 radical (unpaired) electrons. The molecule has 1 atom stereocenters. The minimum Gasteiger partial charge on any atom is -0.483 e. The van der Waals surface area contributed by atoms with Crippen LogP contribution in [0.4, 0.5) is 18.9 Å². The number of benzene rings is 1. The number of aliphatic hydroxyl groups is 1. The molecule has 6 nitrogen and oxygen atoms in total. The van der Waals surface area contributed by atoms with E-state index >= 15 is 0 Å². The first kappa shape index (κ1) is 21.4. The van der Waals surface area contributed by atoms with Crippen molar-refractivity contribution in [1.29, 1.82) is 0 Å². The summed E-state index contributed by atoms with van der Waals surface area (Å²) in [6.07, 6.45) is -0.0996. The van der Waals surface area contributed by atoms with Crippen molar-refractivity contribution in [2.45, 2.75) is 31.7 Å². The van der Waals surface area contributed by atoms with Gasteiger partial charge in [0.1, 0.15) is 5.75 Å². The second kappa shape index (κ2) is 8.15. The number of alkyl halides is 3. The first-order valence-electron chi connectivity index (χ1n) is 10.5. The number of hydrogen-bond donors (Lipinski definition) is 1. The summed E-state index contributed by atoms with van der Waals surface area (Å²) in [5.41, 5.74) is 2.95. The SMILES string of the molecule is O=C1c2ccnc(-c3ccccc3OCC(F)(F)F)c2CN1c1ccc(C(O)C2CC2)nc1. The Labute approximate surface area is 187 Å². The molecule has 1 N–H and O–H groups in total. The van der Waals surface area contributed by atoms with E-state index in [1.165, 1.54) is 17.2 Å². The Bertz CT molecular complexity index is 1190. The quantitative estimate of drug-likeness (QED) is 0.584. The van der Waals surface area contributed by atoms with Crippen molar-refractivity contribution in [3.63, 3.8) is 0 Å². The number of halogens is 3. The number of fused-ring (bicyclic) bond motifs is 1. The second-order valence-corrected chi connectivity index (χ2v) is 8.20. The van der Waals surface area contributed by atoms with Crippen molar-refractivity contribution in [1.82, 2.24) is 9.97 Å². The average Bonchev–Trinajstić information content (AvgIpc) is 3.60. The summed E-state index contributed by atoms with van der Waals surface area (Å²) >= 11 is 0. The highest BCUT2D eigenvalue weighted by Crippen LogP contribution is 2.41. The Hall–Kier alpha value is -3.46. The molecule has 1 fully saturated rings. The number of amides is 1. The van der Waals surface area contributed by atoms with Gasteiger partial charge < -0.3 is 14.7 Å². The molecule has 2 aromatic heterocycles. The largest absolute Gasteiger partial charge is 0.483 e. The van der Waals surface area contributed by atoms with Crippen LogP contribution in [0.15, 0.2) is 54.9 Å². The Kier molecular flexibility index (Phi) is 5.28. The Morgan fingerprint density at radius 1 is 1.09 bits per heavy atom. The van der Waals surface area contributed by atoms with E-state index in [4.69, 9.17) is 4.74 Å². The van der Waals surface area contributed by atoms with Crippen molar-refractivity contribution >= 4 is 11.6 Å². The van der Waals surface area contributed by atoms with Crippen molar-refractivity contribution in [2.75, 3.05) is 11.5 Å². The third kappa shape index (κ3) is 4.28. The summed E-state index contributed by atoms with van der Waals surface area (Å²) in [5.74, 6) is 0.0376. The molecule has 1 amide bonds. The molecule has 3 aromatic rings. The maximum absolute atomic E-state index is 13.1. The number of nitrogens with zero attached hydrogens (tertiary/aromatic N) is 3. The predicted molar refractivity (Wildman–Crippen MR) is 114 cm³/mol. The van der Waals surface area contributed by atoms with Crippen LogP contribution in [0.1, 0.15) is 40.6 Å². The van der Waals surface area contributed by atoms with Gasteiger partial charge in [-0.15, -0.1) is 0 Å². The third-order valence-corrected chi connectivity index (χ3v) is 5.84. The van der Waals surface area contributed by atoms with E-state index in [9.17, 15) is 23.1 Å². The number of pyridine rings is 2. The highest BCUT2D eigenvalue weighted by molar-refractivity contribution is 6.11. The van der Waals surface area contributed by atoms with Crippen LogP contribution in [0.5, 0.6) is 5.75 Å². The topological polar surface area (TPSA) is 75.5 Å². The Balaban J connectivity index is 1.44. The standard InChI is InChI=1S/C24H20F3N3O3/c25-24(26,27)13-33-20-4-2-1-3-17(20)21-18-12-30(23(32)16(18)9-10-28-21)15-7-8-19(29-11-15)22(31)14-5-6-14/h1-4,7-11,14,22,31H,5-6,12-13H2. The summed E-state index contributed by atoms with van der Waals surface area (Å²) in [5, 5.41) is 10.3. The van der Waals surface area contributed by atoms with E-state index in [-0.39, 0.29) is 24.1 Å². The molecular formula is C24H20F3N3O3. The lowest BCUT2D eigenvalue weighted by Gasteiger charge is -2.17. The molecule has 1 saturated carbocycles. The average molecular weight is 455 g/mol. The number of hydrogen-bond acceptors (Lipinski definition) is 5. The predicted octanol–water partition coefficient (Wildman–Crippen LogP) is 4.69. The van der Waals surface area contributed by atoms with Crippen molar-refractivity contribution < 1.29 is 27.8 Å². The highest BCUT2D eigenvalue weighted by atomic mass is 19.4. The minimum atomic E-state index is -4.47. The number of aliphatic hydroxyl groups excluding tert-OH is 1. The molecule has 3 heterocycles. The van der Waals surface area contributed by atoms with E-state index in [1.54, 1.807) is 42.6 Å². The van der Waals surface area contributed by atoms with Gasteiger partial charge in [0, 0.05) is 22.9 Å². The molecule has 5 rings (SSSR count). The van der Waals surface area contributed by atoms with E-state index in [0.29, 0.717) is 33.8 Å². The number of para-hydroxylation sites is 1. The van der Waals surface area contributed by atoms with Gasteiger partial charge in [-0.3, -0.25) is 14.8 Å². The first-order chi connectivity index (χ1) is 15.8. The van der Waals surface area contributed by atoms with Crippen LogP contribution in [0, 0.1) is 5.92 Å². The van der Waals surface area contributed by atoms with Crippen LogP contribution in [-0.4, -0.2) is 33.8 Å². The van der Waals surface area contributed by atoms with Gasteiger partial charge in [0.25, 0.3) is 5.91 Å². The van der Waals surface area contributed by atoms with Gasteiger partial charge in [0.2, 0.25) is 0 Å². The smallest absolute Gasteiger partial charge is 0.422 e. The Morgan fingerprint density at radius 3 is 2.58 bits per heavy atom. The van der Waals surface area contributed by atoms with E-state index in [1.807, 2.05) is 0 Å². The summed E-state index contributed by atoms with van der Waals surface area (Å²) in [6, 6.07) is 11.4. The number of ether oxygens (including phenoxy) is 1. The van der Waals surface area contributed by atoms with Gasteiger partial charge in [-0.2, -0.15) is 13.2 Å². The van der Waals surface area contributed by atoms with Gasteiger partial charge in [0.15, 0.2) is 6.61 Å². The van der Waals surface area contributed by atoms with Crippen molar-refractivity contribution in [2.24, 2.45) is 5.92 Å². The van der Waals surface area contributed by atoms with Crippen LogP contribution in [-0.2, 0) is 6.54 Å². The monoisotopic (exact) mass is 455 g/mol. The summed E-state index contributed by atoms with van der Waals surface area (Å²) in [6.45, 7) is -1.23. The number of carbonyl (C=O) groups is 1. The van der Waals surface area contributed by atoms with Crippen molar-refractivity contribution in [3.05, 3.63) is 71.7 Å². The number of aromatic nitrogens is 2. The molecule has 0 saturated heterocycles. The molecule has 1 aliphatic heterocycles. The molecule has 2 aliphatic rings. The van der Waals surface area contributed by atoms with Gasteiger partial charge in [-0.05, 0) is 49.1 Å². The molecule has 9 heteroatoms. The van der Waals surface area contributed by atoms with Gasteiger partial charge in [0.05, 0.1) is 35.9 Å². The van der Waals surface area contributed by atoms with Gasteiger partial charge in [-0.1, -0.05) is 12.1 Å². The molecule has 1 unspecified atom stereocenters. The fraction of sp³-hybridized carbons (Fsp3) is 0.292. The Morgan fingerprint density at radius 2 is 1.88 bits per heavy atom.